The maximum atomic E-state index is 12.3. The second-order valence-corrected chi connectivity index (χ2v) is 6.80. The molecule has 4 nitrogen and oxygen atoms in total. The van der Waals surface area contributed by atoms with Crippen LogP contribution in [0, 0.1) is 0 Å². The van der Waals surface area contributed by atoms with Crippen LogP contribution < -0.4 is 5.32 Å². The summed E-state index contributed by atoms with van der Waals surface area (Å²) < 4.78 is 2.03. The number of aromatic nitrogens is 2. The normalized spacial score (nSPS) is 11.1. The Bertz CT molecular complexity index is 972. The summed E-state index contributed by atoms with van der Waals surface area (Å²) in [7, 11) is 0. The highest BCUT2D eigenvalue weighted by Gasteiger charge is 2.12. The Morgan fingerprint density at radius 2 is 2.05 bits per heavy atom. The van der Waals surface area contributed by atoms with E-state index in [2.05, 4.69) is 31.2 Å². The van der Waals surface area contributed by atoms with E-state index in [1.54, 1.807) is 0 Å². The van der Waals surface area contributed by atoms with Crippen LogP contribution in [0.25, 0.3) is 21.1 Å². The average molecular weight is 372 g/mol. The summed E-state index contributed by atoms with van der Waals surface area (Å²) in [6, 6.07) is 15.5. The lowest BCUT2D eigenvalue weighted by Crippen LogP contribution is -2.11. The van der Waals surface area contributed by atoms with Gasteiger partial charge in [-0.3, -0.25) is 10.1 Å². The second kappa shape index (κ2) is 5.23. The first-order chi connectivity index (χ1) is 10.7. The topological polar surface area (TPSA) is 57.8 Å². The van der Waals surface area contributed by atoms with Gasteiger partial charge in [0.2, 0.25) is 0 Å². The van der Waals surface area contributed by atoms with E-state index < -0.39 is 0 Å². The van der Waals surface area contributed by atoms with Crippen LogP contribution in [0.4, 0.5) is 5.13 Å². The van der Waals surface area contributed by atoms with Crippen molar-refractivity contribution < 1.29 is 4.79 Å². The Hall–Kier alpha value is -2.18. The molecule has 108 valence electrons. The quantitative estimate of drug-likeness (QED) is 0.531. The van der Waals surface area contributed by atoms with Crippen LogP contribution >= 0.6 is 27.3 Å². The molecular weight excluding hydrogens is 362 g/mol. The summed E-state index contributed by atoms with van der Waals surface area (Å²) in [5.74, 6) is -0.186. The Kier molecular flexibility index (Phi) is 3.20. The summed E-state index contributed by atoms with van der Waals surface area (Å²) in [6.07, 6.45) is 0. The van der Waals surface area contributed by atoms with Crippen LogP contribution in [0.3, 0.4) is 0 Å². The number of hydrogen-bond acceptors (Lipinski definition) is 3. The zero-order valence-electron chi connectivity index (χ0n) is 11.3. The highest BCUT2D eigenvalue weighted by molar-refractivity contribution is 9.10. The third kappa shape index (κ3) is 2.40. The van der Waals surface area contributed by atoms with Crippen LogP contribution in [-0.4, -0.2) is 15.9 Å². The molecule has 0 aliphatic heterocycles. The number of benzene rings is 2. The molecule has 0 bridgehead atoms. The minimum absolute atomic E-state index is 0.186. The molecule has 0 fully saturated rings. The van der Waals surface area contributed by atoms with Crippen LogP contribution in [-0.2, 0) is 0 Å². The lowest BCUT2D eigenvalue weighted by atomic mass is 10.2. The third-order valence-electron chi connectivity index (χ3n) is 3.35. The van der Waals surface area contributed by atoms with Crippen LogP contribution in [0.2, 0.25) is 0 Å². The number of aromatic amines is 1. The van der Waals surface area contributed by atoms with Crippen molar-refractivity contribution in [1.82, 2.24) is 9.97 Å². The smallest absolute Gasteiger partial charge is 0.273 e. The fourth-order valence-corrected chi connectivity index (χ4v) is 3.72. The zero-order valence-corrected chi connectivity index (χ0v) is 13.7. The summed E-state index contributed by atoms with van der Waals surface area (Å²) in [5.41, 5.74) is 2.35. The number of nitrogens with one attached hydrogen (secondary N) is 2. The number of para-hydroxylation sites is 1. The Labute approximate surface area is 138 Å². The van der Waals surface area contributed by atoms with Gasteiger partial charge in [-0.1, -0.05) is 45.5 Å². The first-order valence-electron chi connectivity index (χ1n) is 6.64. The molecule has 4 aromatic rings. The number of carbonyl (C=O) groups excluding carboxylic acids is 1. The van der Waals surface area contributed by atoms with Crippen molar-refractivity contribution in [3.05, 3.63) is 58.7 Å². The molecule has 2 aromatic carbocycles. The fourth-order valence-electron chi connectivity index (χ4n) is 2.31. The van der Waals surface area contributed by atoms with Crippen molar-refractivity contribution in [2.75, 3.05) is 5.32 Å². The number of anilines is 1. The molecule has 0 unspecified atom stereocenters. The van der Waals surface area contributed by atoms with Crippen LogP contribution in [0.1, 0.15) is 10.5 Å². The van der Waals surface area contributed by atoms with Crippen molar-refractivity contribution in [3.63, 3.8) is 0 Å². The van der Waals surface area contributed by atoms with Gasteiger partial charge in [-0.05, 0) is 30.3 Å². The minimum Gasteiger partial charge on any atom is -0.351 e. The molecule has 2 N–H and O–H groups in total. The van der Waals surface area contributed by atoms with Gasteiger partial charge in [0.15, 0.2) is 5.13 Å². The monoisotopic (exact) mass is 371 g/mol. The van der Waals surface area contributed by atoms with Crippen LogP contribution in [0.5, 0.6) is 0 Å². The van der Waals surface area contributed by atoms with Crippen molar-refractivity contribution in [2.45, 2.75) is 0 Å². The summed E-state index contributed by atoms with van der Waals surface area (Å²) in [4.78, 5) is 19.9. The van der Waals surface area contributed by atoms with E-state index in [0.717, 1.165) is 25.6 Å². The van der Waals surface area contributed by atoms with Gasteiger partial charge in [-0.2, -0.15) is 0 Å². The molecule has 0 saturated carbocycles. The van der Waals surface area contributed by atoms with E-state index in [-0.39, 0.29) is 5.91 Å². The molecule has 2 heterocycles. The van der Waals surface area contributed by atoms with Gasteiger partial charge in [0.1, 0.15) is 5.69 Å². The first-order valence-corrected chi connectivity index (χ1v) is 8.25. The van der Waals surface area contributed by atoms with Gasteiger partial charge >= 0.3 is 0 Å². The second-order valence-electron chi connectivity index (χ2n) is 4.86. The van der Waals surface area contributed by atoms with Crippen molar-refractivity contribution >= 4 is 59.4 Å². The Morgan fingerprint density at radius 3 is 2.91 bits per heavy atom. The molecule has 0 spiro atoms. The lowest BCUT2D eigenvalue weighted by Gasteiger charge is -1.97. The third-order valence-corrected chi connectivity index (χ3v) is 4.77. The van der Waals surface area contributed by atoms with Crippen molar-refractivity contribution in [2.24, 2.45) is 0 Å². The number of fused-ring (bicyclic) bond motifs is 2. The number of nitrogens with zero attached hydrogens (tertiary/aromatic N) is 1. The van der Waals surface area contributed by atoms with E-state index in [9.17, 15) is 4.79 Å². The largest absolute Gasteiger partial charge is 0.351 e. The molecule has 0 saturated heterocycles. The molecule has 1 amide bonds. The van der Waals surface area contributed by atoms with E-state index in [4.69, 9.17) is 0 Å². The van der Waals surface area contributed by atoms with E-state index in [1.807, 2.05) is 48.5 Å². The highest BCUT2D eigenvalue weighted by atomic mass is 79.9. The molecule has 4 rings (SSSR count). The molecule has 0 atom stereocenters. The van der Waals surface area contributed by atoms with Gasteiger partial charge in [-0.25, -0.2) is 4.98 Å². The number of amides is 1. The molecule has 0 aliphatic rings. The molecule has 2 aromatic heterocycles. The number of hydrogen-bond donors (Lipinski definition) is 2. The molecule has 6 heteroatoms. The summed E-state index contributed by atoms with van der Waals surface area (Å²) in [5, 5.41) is 4.46. The maximum Gasteiger partial charge on any atom is 0.273 e. The number of halogens is 1. The molecular formula is C16H10BrN3OS. The molecule has 0 aliphatic carbocycles. The number of rotatable bonds is 2. The lowest BCUT2D eigenvalue weighted by molar-refractivity contribution is 0.102. The van der Waals surface area contributed by atoms with E-state index in [0.29, 0.717) is 10.8 Å². The fraction of sp³-hybridized carbons (Fsp3) is 0. The van der Waals surface area contributed by atoms with Gasteiger partial charge in [0.05, 0.1) is 10.2 Å². The van der Waals surface area contributed by atoms with Gasteiger partial charge in [0, 0.05) is 15.4 Å². The Morgan fingerprint density at radius 1 is 1.18 bits per heavy atom. The average Bonchev–Trinajstić information content (AvgIpc) is 3.09. The van der Waals surface area contributed by atoms with E-state index in [1.165, 1.54) is 11.3 Å². The number of carbonyl (C=O) groups is 1. The highest BCUT2D eigenvalue weighted by Crippen LogP contribution is 2.28. The predicted octanol–water partition coefficient (Wildman–Crippen LogP) is 4.79. The summed E-state index contributed by atoms with van der Waals surface area (Å²) >= 11 is 4.89. The summed E-state index contributed by atoms with van der Waals surface area (Å²) in [6.45, 7) is 0. The van der Waals surface area contributed by atoms with Gasteiger partial charge < -0.3 is 4.98 Å². The maximum absolute atomic E-state index is 12.3. The van der Waals surface area contributed by atoms with Crippen LogP contribution in [0.15, 0.2) is 53.0 Å². The minimum atomic E-state index is -0.186. The predicted molar refractivity (Wildman–Crippen MR) is 93.6 cm³/mol. The first kappa shape index (κ1) is 13.5. The number of H-pyrrole nitrogens is 1. The molecule has 0 radical (unpaired) electrons. The van der Waals surface area contributed by atoms with Crippen molar-refractivity contribution in [1.29, 1.82) is 0 Å². The zero-order chi connectivity index (χ0) is 15.1. The van der Waals surface area contributed by atoms with Gasteiger partial charge in [-0.15, -0.1) is 0 Å². The Balaban J connectivity index is 1.64. The van der Waals surface area contributed by atoms with Gasteiger partial charge in [0.25, 0.3) is 5.91 Å². The van der Waals surface area contributed by atoms with Crippen molar-refractivity contribution in [3.8, 4) is 0 Å². The van der Waals surface area contributed by atoms with E-state index >= 15 is 0 Å². The number of thiazole rings is 1. The standard InChI is InChI=1S/C16H10BrN3OS/c17-10-5-6-12-14(8-10)22-16(19-12)20-15(21)13-7-9-3-1-2-4-11(9)18-13/h1-8,18H,(H,19,20,21). The molecule has 22 heavy (non-hydrogen) atoms. The SMILES string of the molecule is O=C(Nc1nc2ccc(Br)cc2s1)c1cc2ccccc2[nH]1.